The van der Waals surface area contributed by atoms with E-state index in [2.05, 4.69) is 40.7 Å². The van der Waals surface area contributed by atoms with Crippen LogP contribution in [0.3, 0.4) is 0 Å². The molecule has 1 atom stereocenters. The number of nitrogens with one attached hydrogen (secondary N) is 2. The molecule has 2 rings (SSSR count). The minimum absolute atomic E-state index is 0. The topological polar surface area (TPSA) is 64.1 Å². The fourth-order valence-corrected chi connectivity index (χ4v) is 2.74. The molecular weight excluding hydrogens is 445 g/mol. The Labute approximate surface area is 174 Å². The summed E-state index contributed by atoms with van der Waals surface area (Å²) in [5, 5.41) is 6.68. The SMILES string of the molecule is CN=C(NCc1ccc(C)cc1OCCCOC)NCC1CCCO1.I. The predicted octanol–water partition coefficient (Wildman–Crippen LogP) is 2.87. The number of rotatable bonds is 9. The average molecular weight is 477 g/mol. The smallest absolute Gasteiger partial charge is 0.191 e. The van der Waals surface area contributed by atoms with E-state index in [1.165, 1.54) is 5.56 Å². The first-order valence-electron chi connectivity index (χ1n) is 9.00. The molecule has 0 aliphatic carbocycles. The highest BCUT2D eigenvalue weighted by atomic mass is 127. The maximum atomic E-state index is 5.93. The summed E-state index contributed by atoms with van der Waals surface area (Å²) in [6.07, 6.45) is 3.42. The molecule has 1 aliphatic rings. The first kappa shape index (κ1) is 23.0. The predicted molar refractivity (Wildman–Crippen MR) is 116 cm³/mol. The minimum atomic E-state index is 0. The molecule has 6 nitrogen and oxygen atoms in total. The molecule has 0 amide bonds. The number of hydrogen-bond acceptors (Lipinski definition) is 4. The maximum Gasteiger partial charge on any atom is 0.191 e. The summed E-state index contributed by atoms with van der Waals surface area (Å²) >= 11 is 0. The third-order valence-electron chi connectivity index (χ3n) is 4.16. The molecule has 1 fully saturated rings. The van der Waals surface area contributed by atoms with Crippen LogP contribution in [-0.2, 0) is 16.0 Å². The van der Waals surface area contributed by atoms with Crippen molar-refractivity contribution in [2.24, 2.45) is 4.99 Å². The lowest BCUT2D eigenvalue weighted by Crippen LogP contribution is -2.40. The molecular formula is C19H32IN3O3. The molecule has 0 aromatic heterocycles. The van der Waals surface area contributed by atoms with Gasteiger partial charge in [0.2, 0.25) is 0 Å². The van der Waals surface area contributed by atoms with Crippen LogP contribution in [0.2, 0.25) is 0 Å². The summed E-state index contributed by atoms with van der Waals surface area (Å²) in [5.74, 6) is 1.69. The van der Waals surface area contributed by atoms with E-state index in [0.717, 1.165) is 49.7 Å². The molecule has 1 aromatic rings. The van der Waals surface area contributed by atoms with Crippen LogP contribution in [0.1, 0.15) is 30.4 Å². The van der Waals surface area contributed by atoms with Crippen molar-refractivity contribution < 1.29 is 14.2 Å². The Kier molecular flexibility index (Phi) is 11.6. The van der Waals surface area contributed by atoms with Crippen molar-refractivity contribution in [2.45, 2.75) is 38.8 Å². The molecule has 1 aliphatic heterocycles. The third kappa shape index (κ3) is 8.09. The van der Waals surface area contributed by atoms with Crippen LogP contribution in [0.25, 0.3) is 0 Å². The van der Waals surface area contributed by atoms with E-state index in [0.29, 0.717) is 19.8 Å². The summed E-state index contributed by atoms with van der Waals surface area (Å²) in [7, 11) is 3.49. The van der Waals surface area contributed by atoms with Crippen molar-refractivity contribution >= 4 is 29.9 Å². The summed E-state index contributed by atoms with van der Waals surface area (Å²) in [6.45, 7) is 5.74. The van der Waals surface area contributed by atoms with Crippen LogP contribution >= 0.6 is 24.0 Å². The van der Waals surface area contributed by atoms with E-state index in [1.807, 2.05) is 0 Å². The maximum absolute atomic E-state index is 5.93. The number of halogens is 1. The normalized spacial score (nSPS) is 16.9. The number of guanidine groups is 1. The lowest BCUT2D eigenvalue weighted by Gasteiger charge is -2.17. The van der Waals surface area contributed by atoms with Gasteiger partial charge in [0.25, 0.3) is 0 Å². The minimum Gasteiger partial charge on any atom is -0.493 e. The fraction of sp³-hybridized carbons (Fsp3) is 0.632. The van der Waals surface area contributed by atoms with Gasteiger partial charge in [-0.1, -0.05) is 12.1 Å². The highest BCUT2D eigenvalue weighted by Crippen LogP contribution is 2.20. The van der Waals surface area contributed by atoms with Gasteiger partial charge in [0.1, 0.15) is 5.75 Å². The molecule has 0 saturated carbocycles. The summed E-state index contributed by atoms with van der Waals surface area (Å²) in [6, 6.07) is 6.27. The number of methoxy groups -OCH3 is 1. The number of aryl methyl sites for hydroxylation is 1. The van der Waals surface area contributed by atoms with Gasteiger partial charge in [0, 0.05) is 52.4 Å². The first-order chi connectivity index (χ1) is 12.2. The molecule has 0 spiro atoms. The number of benzene rings is 1. The van der Waals surface area contributed by atoms with Crippen LogP contribution in [0, 0.1) is 6.92 Å². The number of nitrogens with zero attached hydrogens (tertiary/aromatic N) is 1. The highest BCUT2D eigenvalue weighted by Gasteiger charge is 2.15. The highest BCUT2D eigenvalue weighted by molar-refractivity contribution is 14.0. The van der Waals surface area contributed by atoms with Gasteiger partial charge >= 0.3 is 0 Å². The van der Waals surface area contributed by atoms with Crippen molar-refractivity contribution in [3.63, 3.8) is 0 Å². The lowest BCUT2D eigenvalue weighted by molar-refractivity contribution is 0.114. The molecule has 2 N–H and O–H groups in total. The third-order valence-corrected chi connectivity index (χ3v) is 4.16. The first-order valence-corrected chi connectivity index (χ1v) is 9.00. The van der Waals surface area contributed by atoms with Crippen molar-refractivity contribution in [3.05, 3.63) is 29.3 Å². The Balaban J connectivity index is 0.00000338. The quantitative estimate of drug-likeness (QED) is 0.248. The lowest BCUT2D eigenvalue weighted by atomic mass is 10.1. The Morgan fingerprint density at radius 2 is 2.15 bits per heavy atom. The monoisotopic (exact) mass is 477 g/mol. The number of ether oxygens (including phenoxy) is 3. The van der Waals surface area contributed by atoms with E-state index in [4.69, 9.17) is 14.2 Å². The molecule has 0 radical (unpaired) electrons. The van der Waals surface area contributed by atoms with Crippen LogP contribution in [-0.4, -0.2) is 52.6 Å². The molecule has 26 heavy (non-hydrogen) atoms. The average Bonchev–Trinajstić information content (AvgIpc) is 3.14. The van der Waals surface area contributed by atoms with E-state index in [-0.39, 0.29) is 30.1 Å². The Hall–Kier alpha value is -1.06. The van der Waals surface area contributed by atoms with Crippen LogP contribution in [0.15, 0.2) is 23.2 Å². The van der Waals surface area contributed by atoms with E-state index in [9.17, 15) is 0 Å². The second kappa shape index (κ2) is 13.2. The number of hydrogen-bond donors (Lipinski definition) is 2. The summed E-state index contributed by atoms with van der Waals surface area (Å²) in [5.41, 5.74) is 2.30. The molecule has 1 heterocycles. The second-order valence-corrected chi connectivity index (χ2v) is 6.25. The molecule has 0 bridgehead atoms. The van der Waals surface area contributed by atoms with Crippen molar-refractivity contribution in [1.29, 1.82) is 0 Å². The Morgan fingerprint density at radius 1 is 1.31 bits per heavy atom. The summed E-state index contributed by atoms with van der Waals surface area (Å²) in [4.78, 5) is 4.28. The second-order valence-electron chi connectivity index (χ2n) is 6.25. The van der Waals surface area contributed by atoms with Crippen molar-refractivity contribution in [3.8, 4) is 5.75 Å². The van der Waals surface area contributed by atoms with E-state index >= 15 is 0 Å². The number of aliphatic imine (C=N–C) groups is 1. The van der Waals surface area contributed by atoms with Gasteiger partial charge in [-0.15, -0.1) is 24.0 Å². The Morgan fingerprint density at radius 3 is 2.85 bits per heavy atom. The van der Waals surface area contributed by atoms with Gasteiger partial charge in [-0.3, -0.25) is 4.99 Å². The zero-order valence-electron chi connectivity index (χ0n) is 16.0. The van der Waals surface area contributed by atoms with Crippen LogP contribution < -0.4 is 15.4 Å². The zero-order valence-corrected chi connectivity index (χ0v) is 18.4. The summed E-state index contributed by atoms with van der Waals surface area (Å²) < 4.78 is 16.6. The molecule has 148 valence electrons. The van der Waals surface area contributed by atoms with Gasteiger partial charge < -0.3 is 24.8 Å². The molecule has 1 saturated heterocycles. The molecule has 1 unspecified atom stereocenters. The van der Waals surface area contributed by atoms with Gasteiger partial charge in [0.15, 0.2) is 5.96 Å². The Bertz CT molecular complexity index is 549. The largest absolute Gasteiger partial charge is 0.493 e. The molecule has 1 aromatic carbocycles. The molecule has 7 heteroatoms. The standard InChI is InChI=1S/C19H31N3O3.HI/c1-15-7-8-16(18(12-15)25-11-5-9-23-3)13-21-19(20-2)22-14-17-6-4-10-24-17;/h7-8,12,17H,4-6,9-11,13-14H2,1-3H3,(H2,20,21,22);1H. The van der Waals surface area contributed by atoms with Crippen LogP contribution in [0.5, 0.6) is 5.75 Å². The van der Waals surface area contributed by atoms with Crippen LogP contribution in [0.4, 0.5) is 0 Å². The van der Waals surface area contributed by atoms with E-state index < -0.39 is 0 Å². The van der Waals surface area contributed by atoms with E-state index in [1.54, 1.807) is 14.2 Å². The van der Waals surface area contributed by atoms with Gasteiger partial charge in [-0.05, 0) is 31.4 Å². The fourth-order valence-electron chi connectivity index (χ4n) is 2.74. The van der Waals surface area contributed by atoms with Crippen molar-refractivity contribution in [2.75, 3.05) is 40.5 Å². The van der Waals surface area contributed by atoms with Gasteiger partial charge in [-0.2, -0.15) is 0 Å². The van der Waals surface area contributed by atoms with Crippen molar-refractivity contribution in [1.82, 2.24) is 10.6 Å². The van der Waals surface area contributed by atoms with Gasteiger partial charge in [-0.25, -0.2) is 0 Å². The zero-order chi connectivity index (χ0) is 17.9. The van der Waals surface area contributed by atoms with Gasteiger partial charge in [0.05, 0.1) is 12.7 Å².